The van der Waals surface area contributed by atoms with Crippen molar-refractivity contribution in [3.8, 4) is 11.1 Å². The molecule has 17 heavy (non-hydrogen) atoms. The van der Waals surface area contributed by atoms with Gasteiger partial charge in [-0.05, 0) is 16.7 Å². The van der Waals surface area contributed by atoms with E-state index in [9.17, 15) is 0 Å². The molecule has 1 aliphatic rings. The Labute approximate surface area is 101 Å². The first-order valence-corrected chi connectivity index (χ1v) is 5.81. The molecule has 0 saturated carbocycles. The SMILES string of the molecule is C1=CN=C(c2ccc(-c3ccccc3)cc2)C1. The third-order valence-electron chi connectivity index (χ3n) is 2.97. The molecule has 1 nitrogen and oxygen atoms in total. The van der Waals surface area contributed by atoms with Crippen LogP contribution in [0.1, 0.15) is 12.0 Å². The largest absolute Gasteiger partial charge is 0.261 e. The molecule has 0 aliphatic carbocycles. The van der Waals surface area contributed by atoms with Gasteiger partial charge in [0.25, 0.3) is 0 Å². The van der Waals surface area contributed by atoms with E-state index < -0.39 is 0 Å². The van der Waals surface area contributed by atoms with Crippen molar-refractivity contribution in [3.63, 3.8) is 0 Å². The van der Waals surface area contributed by atoms with E-state index in [1.807, 2.05) is 12.3 Å². The van der Waals surface area contributed by atoms with Gasteiger partial charge in [0.1, 0.15) is 0 Å². The smallest absolute Gasteiger partial charge is 0.0513 e. The minimum atomic E-state index is 0.949. The van der Waals surface area contributed by atoms with Crippen molar-refractivity contribution in [2.24, 2.45) is 4.99 Å². The van der Waals surface area contributed by atoms with Crippen molar-refractivity contribution >= 4 is 5.71 Å². The van der Waals surface area contributed by atoms with Crippen LogP contribution in [0.4, 0.5) is 0 Å². The third kappa shape index (κ3) is 2.04. The van der Waals surface area contributed by atoms with Gasteiger partial charge in [0, 0.05) is 12.6 Å². The quantitative estimate of drug-likeness (QED) is 0.722. The van der Waals surface area contributed by atoms with E-state index >= 15 is 0 Å². The molecule has 2 aromatic rings. The van der Waals surface area contributed by atoms with Gasteiger partial charge in [0.2, 0.25) is 0 Å². The Kier molecular flexibility index (Phi) is 2.59. The molecule has 0 spiro atoms. The molecular formula is C16H13N. The van der Waals surface area contributed by atoms with Crippen LogP contribution in [0.2, 0.25) is 0 Å². The summed E-state index contributed by atoms with van der Waals surface area (Å²) in [5.74, 6) is 0. The molecule has 0 unspecified atom stereocenters. The van der Waals surface area contributed by atoms with E-state index in [4.69, 9.17) is 0 Å². The Bertz CT molecular complexity index is 562. The first-order valence-electron chi connectivity index (χ1n) is 5.81. The maximum Gasteiger partial charge on any atom is 0.0513 e. The summed E-state index contributed by atoms with van der Waals surface area (Å²) < 4.78 is 0. The topological polar surface area (TPSA) is 12.4 Å². The zero-order valence-electron chi connectivity index (χ0n) is 9.51. The molecule has 1 heteroatoms. The molecule has 0 amide bonds. The molecule has 0 bridgehead atoms. The lowest BCUT2D eigenvalue weighted by Crippen LogP contribution is -1.95. The molecule has 0 atom stereocenters. The average molecular weight is 219 g/mol. The Hall–Kier alpha value is -2.15. The third-order valence-corrected chi connectivity index (χ3v) is 2.97. The summed E-state index contributed by atoms with van der Waals surface area (Å²) >= 11 is 0. The maximum atomic E-state index is 4.34. The first kappa shape index (κ1) is 10.0. The Morgan fingerprint density at radius 2 is 1.35 bits per heavy atom. The molecule has 2 aromatic carbocycles. The molecule has 0 aromatic heterocycles. The lowest BCUT2D eigenvalue weighted by Gasteiger charge is -2.04. The summed E-state index contributed by atoms with van der Waals surface area (Å²) in [4.78, 5) is 4.34. The second-order valence-corrected chi connectivity index (χ2v) is 4.11. The van der Waals surface area contributed by atoms with Gasteiger partial charge in [-0.15, -0.1) is 0 Å². The van der Waals surface area contributed by atoms with Crippen molar-refractivity contribution in [1.29, 1.82) is 0 Å². The predicted octanol–water partition coefficient (Wildman–Crippen LogP) is 4.06. The van der Waals surface area contributed by atoms with Crippen LogP contribution in [-0.4, -0.2) is 5.71 Å². The average Bonchev–Trinajstić information content (AvgIpc) is 2.94. The van der Waals surface area contributed by atoms with E-state index in [1.165, 1.54) is 16.7 Å². The van der Waals surface area contributed by atoms with Gasteiger partial charge in [0.15, 0.2) is 0 Å². The standard InChI is InChI=1S/C16H13N/c1-2-5-13(6-3-1)14-8-10-15(11-9-14)16-7-4-12-17-16/h1-6,8-12H,7H2. The van der Waals surface area contributed by atoms with Crippen LogP contribution >= 0.6 is 0 Å². The number of nitrogens with zero attached hydrogens (tertiary/aromatic N) is 1. The molecule has 1 heterocycles. The second-order valence-electron chi connectivity index (χ2n) is 4.11. The highest BCUT2D eigenvalue weighted by atomic mass is 14.7. The number of benzene rings is 2. The number of aliphatic imine (C=N–C) groups is 1. The fraction of sp³-hybridized carbons (Fsp3) is 0.0625. The van der Waals surface area contributed by atoms with Gasteiger partial charge in [-0.2, -0.15) is 0 Å². The van der Waals surface area contributed by atoms with Crippen LogP contribution in [0.25, 0.3) is 11.1 Å². The fourth-order valence-electron chi connectivity index (χ4n) is 2.04. The highest BCUT2D eigenvalue weighted by molar-refractivity contribution is 6.03. The van der Waals surface area contributed by atoms with Crippen LogP contribution in [0.3, 0.4) is 0 Å². The van der Waals surface area contributed by atoms with E-state index in [0.29, 0.717) is 0 Å². The lowest BCUT2D eigenvalue weighted by molar-refractivity contribution is 1.49. The number of rotatable bonds is 2. The van der Waals surface area contributed by atoms with Crippen molar-refractivity contribution in [1.82, 2.24) is 0 Å². The molecule has 1 aliphatic heterocycles. The highest BCUT2D eigenvalue weighted by Gasteiger charge is 2.05. The van der Waals surface area contributed by atoms with Crippen LogP contribution < -0.4 is 0 Å². The Balaban J connectivity index is 1.90. The number of allylic oxidation sites excluding steroid dienone is 1. The summed E-state index contributed by atoms with van der Waals surface area (Å²) in [6, 6.07) is 19.0. The second kappa shape index (κ2) is 4.38. The predicted molar refractivity (Wildman–Crippen MR) is 72.2 cm³/mol. The van der Waals surface area contributed by atoms with Crippen molar-refractivity contribution in [2.45, 2.75) is 6.42 Å². The number of hydrogen-bond donors (Lipinski definition) is 0. The Morgan fingerprint density at radius 1 is 0.706 bits per heavy atom. The van der Waals surface area contributed by atoms with Gasteiger partial charge in [-0.3, -0.25) is 4.99 Å². The molecule has 0 fully saturated rings. The van der Waals surface area contributed by atoms with Crippen LogP contribution in [0, 0.1) is 0 Å². The van der Waals surface area contributed by atoms with Crippen LogP contribution in [0.15, 0.2) is 71.9 Å². The van der Waals surface area contributed by atoms with Crippen molar-refractivity contribution in [2.75, 3.05) is 0 Å². The molecule has 0 saturated heterocycles. The van der Waals surface area contributed by atoms with E-state index in [0.717, 1.165) is 12.1 Å². The molecule has 0 radical (unpaired) electrons. The summed E-state index contributed by atoms with van der Waals surface area (Å²) in [5.41, 5.74) is 4.88. The monoisotopic (exact) mass is 219 g/mol. The summed E-state index contributed by atoms with van der Waals surface area (Å²) in [5, 5.41) is 0. The summed E-state index contributed by atoms with van der Waals surface area (Å²) in [6.07, 6.45) is 4.91. The maximum absolute atomic E-state index is 4.34. The molecular weight excluding hydrogens is 206 g/mol. The molecule has 82 valence electrons. The fourth-order valence-corrected chi connectivity index (χ4v) is 2.04. The lowest BCUT2D eigenvalue weighted by atomic mass is 10.0. The van der Waals surface area contributed by atoms with Crippen molar-refractivity contribution in [3.05, 3.63) is 72.4 Å². The number of hydrogen-bond acceptors (Lipinski definition) is 1. The molecule has 0 N–H and O–H groups in total. The summed E-state index contributed by atoms with van der Waals surface area (Å²) in [6.45, 7) is 0. The first-order chi connectivity index (χ1) is 8.43. The summed E-state index contributed by atoms with van der Waals surface area (Å²) in [7, 11) is 0. The minimum Gasteiger partial charge on any atom is -0.261 e. The minimum absolute atomic E-state index is 0.949. The Morgan fingerprint density at radius 3 is 2.00 bits per heavy atom. The van der Waals surface area contributed by atoms with E-state index in [2.05, 4.69) is 59.6 Å². The van der Waals surface area contributed by atoms with Gasteiger partial charge in [0.05, 0.1) is 5.71 Å². The molecule has 3 rings (SSSR count). The van der Waals surface area contributed by atoms with Gasteiger partial charge in [-0.1, -0.05) is 60.7 Å². The van der Waals surface area contributed by atoms with Crippen LogP contribution in [0.5, 0.6) is 0 Å². The normalized spacial score (nSPS) is 13.8. The van der Waals surface area contributed by atoms with Crippen molar-refractivity contribution < 1.29 is 0 Å². The highest BCUT2D eigenvalue weighted by Crippen LogP contribution is 2.20. The van der Waals surface area contributed by atoms with Gasteiger partial charge < -0.3 is 0 Å². The van der Waals surface area contributed by atoms with Gasteiger partial charge >= 0.3 is 0 Å². The zero-order chi connectivity index (χ0) is 11.5. The van der Waals surface area contributed by atoms with E-state index in [1.54, 1.807) is 0 Å². The van der Waals surface area contributed by atoms with E-state index in [-0.39, 0.29) is 0 Å². The van der Waals surface area contributed by atoms with Gasteiger partial charge in [-0.25, -0.2) is 0 Å². The zero-order valence-corrected chi connectivity index (χ0v) is 9.51. The van der Waals surface area contributed by atoms with Crippen LogP contribution in [-0.2, 0) is 0 Å².